The number of hydrogen-bond donors (Lipinski definition) is 2. The van der Waals surface area contributed by atoms with Crippen LogP contribution >= 0.6 is 0 Å². The number of nitrogens with zero attached hydrogens (tertiary/aromatic N) is 2. The van der Waals surface area contributed by atoms with Crippen LogP contribution in [-0.4, -0.2) is 36.1 Å². The molecule has 0 bridgehead atoms. The Balaban J connectivity index is 1.53. The maximum Gasteiger partial charge on any atom is 0.410 e. The monoisotopic (exact) mass is 450 g/mol. The van der Waals surface area contributed by atoms with Crippen molar-refractivity contribution in [1.29, 1.82) is 0 Å². The molecular weight excluding hydrogens is 429 g/mol. The summed E-state index contributed by atoms with van der Waals surface area (Å²) in [4.78, 5) is 12.6. The minimum absolute atomic E-state index is 0.0937. The van der Waals surface area contributed by atoms with Gasteiger partial charge in [0.1, 0.15) is 11.6 Å². The molecule has 0 fully saturated rings. The van der Waals surface area contributed by atoms with E-state index in [2.05, 4.69) is 15.7 Å². The Labute approximate surface area is 181 Å². The predicted octanol–water partition coefficient (Wildman–Crippen LogP) is 4.08. The molecule has 1 aromatic carbocycles. The van der Waals surface area contributed by atoms with E-state index in [1.54, 1.807) is 30.3 Å². The van der Waals surface area contributed by atoms with Gasteiger partial charge in [-0.15, -0.1) is 0 Å². The zero-order valence-corrected chi connectivity index (χ0v) is 17.3. The van der Waals surface area contributed by atoms with Crippen LogP contribution in [0.25, 0.3) is 0 Å². The van der Waals surface area contributed by atoms with Gasteiger partial charge < -0.3 is 24.5 Å². The molecule has 170 valence electrons. The molecule has 1 aliphatic heterocycles. The number of furan rings is 1. The SMILES string of the molecule is COc1ccc(CNC(=O)c2cc3n(n2)[C@H](C(F)(F)F)C[C@@H](c2ccco2)N3)cc1OC. The average Bonchev–Trinajstić information content (AvgIpc) is 3.45. The summed E-state index contributed by atoms with van der Waals surface area (Å²) in [5.41, 5.74) is 0.603. The van der Waals surface area contributed by atoms with Crippen LogP contribution in [0, 0.1) is 0 Å². The smallest absolute Gasteiger partial charge is 0.410 e. The molecule has 0 saturated carbocycles. The molecule has 2 atom stereocenters. The van der Waals surface area contributed by atoms with Crippen molar-refractivity contribution in [2.45, 2.75) is 31.2 Å². The lowest BCUT2D eigenvalue weighted by Crippen LogP contribution is -2.35. The Hall–Kier alpha value is -3.63. The Morgan fingerprint density at radius 3 is 2.69 bits per heavy atom. The summed E-state index contributed by atoms with van der Waals surface area (Å²) in [7, 11) is 3.01. The number of fused-ring (bicyclic) bond motifs is 1. The van der Waals surface area contributed by atoms with E-state index in [1.807, 2.05) is 0 Å². The second-order valence-corrected chi connectivity index (χ2v) is 7.24. The highest BCUT2D eigenvalue weighted by molar-refractivity contribution is 5.93. The number of halogens is 3. The molecule has 2 aromatic heterocycles. The van der Waals surface area contributed by atoms with Crippen LogP contribution in [0.2, 0.25) is 0 Å². The first-order valence-electron chi connectivity index (χ1n) is 9.75. The van der Waals surface area contributed by atoms with Gasteiger partial charge in [-0.25, -0.2) is 4.68 Å². The third kappa shape index (κ3) is 4.23. The fourth-order valence-electron chi connectivity index (χ4n) is 3.62. The highest BCUT2D eigenvalue weighted by Gasteiger charge is 2.47. The van der Waals surface area contributed by atoms with E-state index < -0.39 is 24.2 Å². The maximum atomic E-state index is 13.7. The molecule has 8 nitrogen and oxygen atoms in total. The van der Waals surface area contributed by atoms with Crippen molar-refractivity contribution in [2.75, 3.05) is 19.5 Å². The number of methoxy groups -OCH3 is 2. The number of anilines is 1. The van der Waals surface area contributed by atoms with E-state index in [-0.39, 0.29) is 24.5 Å². The van der Waals surface area contributed by atoms with Gasteiger partial charge in [0.05, 0.1) is 26.5 Å². The highest BCUT2D eigenvalue weighted by atomic mass is 19.4. The van der Waals surface area contributed by atoms with Crippen molar-refractivity contribution in [3.63, 3.8) is 0 Å². The molecule has 0 saturated heterocycles. The number of rotatable bonds is 6. The van der Waals surface area contributed by atoms with Gasteiger partial charge in [-0.2, -0.15) is 18.3 Å². The number of hydrogen-bond acceptors (Lipinski definition) is 6. The second kappa shape index (κ2) is 8.48. The average molecular weight is 450 g/mol. The Bertz CT molecular complexity index is 1100. The van der Waals surface area contributed by atoms with Gasteiger partial charge in [-0.3, -0.25) is 4.79 Å². The fourth-order valence-corrected chi connectivity index (χ4v) is 3.62. The third-order valence-electron chi connectivity index (χ3n) is 5.21. The van der Waals surface area contributed by atoms with Crippen LogP contribution in [0.5, 0.6) is 11.5 Å². The fraction of sp³-hybridized carbons (Fsp3) is 0.333. The topological polar surface area (TPSA) is 90.5 Å². The van der Waals surface area contributed by atoms with E-state index in [1.165, 1.54) is 26.5 Å². The summed E-state index contributed by atoms with van der Waals surface area (Å²) in [6.45, 7) is 0.131. The molecule has 3 heterocycles. The van der Waals surface area contributed by atoms with Crippen molar-refractivity contribution in [3.05, 3.63) is 59.7 Å². The van der Waals surface area contributed by atoms with Crippen molar-refractivity contribution in [3.8, 4) is 11.5 Å². The minimum atomic E-state index is -4.54. The molecule has 0 unspecified atom stereocenters. The zero-order valence-electron chi connectivity index (χ0n) is 17.3. The number of amides is 1. The van der Waals surface area contributed by atoms with Gasteiger partial charge in [0.2, 0.25) is 0 Å². The third-order valence-corrected chi connectivity index (χ3v) is 5.21. The number of carbonyl (C=O) groups is 1. The van der Waals surface area contributed by atoms with Crippen molar-refractivity contribution < 1.29 is 31.9 Å². The molecular formula is C21H21F3N4O4. The quantitative estimate of drug-likeness (QED) is 0.588. The first-order chi connectivity index (χ1) is 15.3. The summed E-state index contributed by atoms with van der Waals surface area (Å²) < 4.78 is 57.6. The lowest BCUT2D eigenvalue weighted by molar-refractivity contribution is -0.174. The molecule has 0 radical (unpaired) electrons. The van der Waals surface area contributed by atoms with Gasteiger partial charge in [-0.1, -0.05) is 6.07 Å². The summed E-state index contributed by atoms with van der Waals surface area (Å²) >= 11 is 0. The van der Waals surface area contributed by atoms with Crippen molar-refractivity contribution >= 4 is 11.7 Å². The van der Waals surface area contributed by atoms with E-state index >= 15 is 0 Å². The van der Waals surface area contributed by atoms with Crippen LogP contribution in [0.1, 0.15) is 40.3 Å². The van der Waals surface area contributed by atoms with Crippen molar-refractivity contribution in [2.24, 2.45) is 0 Å². The van der Waals surface area contributed by atoms with E-state index in [4.69, 9.17) is 13.9 Å². The predicted molar refractivity (Wildman–Crippen MR) is 108 cm³/mol. The number of carbonyl (C=O) groups excluding carboxylic acids is 1. The molecule has 1 aliphatic rings. The Kier molecular flexibility index (Phi) is 5.72. The van der Waals surface area contributed by atoms with E-state index in [0.717, 1.165) is 10.2 Å². The van der Waals surface area contributed by atoms with Crippen LogP contribution in [0.3, 0.4) is 0 Å². The lowest BCUT2D eigenvalue weighted by atomic mass is 10.0. The van der Waals surface area contributed by atoms with Gasteiger partial charge in [0.25, 0.3) is 5.91 Å². The van der Waals surface area contributed by atoms with Gasteiger partial charge in [0, 0.05) is 19.0 Å². The molecule has 3 aromatic rings. The molecule has 1 amide bonds. The van der Waals surface area contributed by atoms with Crippen LogP contribution in [0.4, 0.5) is 19.0 Å². The first kappa shape index (κ1) is 21.6. The zero-order chi connectivity index (χ0) is 22.9. The normalized spacial score (nSPS) is 17.9. The molecule has 32 heavy (non-hydrogen) atoms. The summed E-state index contributed by atoms with van der Waals surface area (Å²) in [5.74, 6) is 0.916. The van der Waals surface area contributed by atoms with Gasteiger partial charge in [0.15, 0.2) is 23.2 Å². The molecule has 0 aliphatic carbocycles. The first-order valence-corrected chi connectivity index (χ1v) is 9.75. The van der Waals surface area contributed by atoms with E-state index in [0.29, 0.717) is 17.3 Å². The summed E-state index contributed by atoms with van der Waals surface area (Å²) in [6, 6.07) is 7.08. The largest absolute Gasteiger partial charge is 0.493 e. The maximum absolute atomic E-state index is 13.7. The number of alkyl halides is 3. The Morgan fingerprint density at radius 1 is 1.25 bits per heavy atom. The van der Waals surface area contributed by atoms with Crippen molar-refractivity contribution in [1.82, 2.24) is 15.1 Å². The summed E-state index contributed by atoms with van der Waals surface area (Å²) in [5, 5.41) is 9.58. The lowest BCUT2D eigenvalue weighted by Gasteiger charge is -2.32. The number of aromatic nitrogens is 2. The van der Waals surface area contributed by atoms with E-state index in [9.17, 15) is 18.0 Å². The molecule has 11 heteroatoms. The minimum Gasteiger partial charge on any atom is -0.493 e. The highest BCUT2D eigenvalue weighted by Crippen LogP contribution is 2.43. The van der Waals surface area contributed by atoms with Crippen LogP contribution in [0.15, 0.2) is 47.1 Å². The Morgan fingerprint density at radius 2 is 2.03 bits per heavy atom. The molecule has 0 spiro atoms. The standard InChI is InChI=1S/C21H21F3N4O4/c1-30-16-6-5-12(8-17(16)31-2)11-25-20(29)14-10-19-26-13(15-4-3-7-32-15)9-18(21(22,23)24)28(19)27-14/h3-8,10,13,18,26H,9,11H2,1-2H3,(H,25,29)/t13-,18-/m0/s1. The van der Waals surface area contributed by atoms with Crippen LogP contribution in [-0.2, 0) is 6.54 Å². The van der Waals surface area contributed by atoms with Crippen LogP contribution < -0.4 is 20.1 Å². The molecule has 4 rings (SSSR count). The number of benzene rings is 1. The van der Waals surface area contributed by atoms with Gasteiger partial charge >= 0.3 is 6.18 Å². The number of nitrogens with one attached hydrogen (secondary N) is 2. The van der Waals surface area contributed by atoms with Gasteiger partial charge in [-0.05, 0) is 29.8 Å². The summed E-state index contributed by atoms with van der Waals surface area (Å²) in [6.07, 6.45) is -3.45. The second-order valence-electron chi connectivity index (χ2n) is 7.24. The number of ether oxygens (including phenoxy) is 2. The molecule has 2 N–H and O–H groups in total.